The summed E-state index contributed by atoms with van der Waals surface area (Å²) in [6, 6.07) is 16.9. The summed E-state index contributed by atoms with van der Waals surface area (Å²) in [4.78, 5) is 33.2. The van der Waals surface area contributed by atoms with Crippen molar-refractivity contribution in [2.75, 3.05) is 18.1 Å². The molecule has 2 aromatic heterocycles. The van der Waals surface area contributed by atoms with Crippen molar-refractivity contribution in [3.8, 4) is 11.5 Å². The van der Waals surface area contributed by atoms with Gasteiger partial charge in [0.05, 0.1) is 23.8 Å². The van der Waals surface area contributed by atoms with E-state index in [4.69, 9.17) is 9.47 Å². The summed E-state index contributed by atoms with van der Waals surface area (Å²) < 4.78 is 12.9. The maximum Gasteiger partial charge on any atom is 0.261 e. The van der Waals surface area contributed by atoms with E-state index in [2.05, 4.69) is 4.98 Å². The number of anilines is 1. The van der Waals surface area contributed by atoms with Crippen LogP contribution in [0.3, 0.4) is 0 Å². The lowest BCUT2D eigenvalue weighted by atomic mass is 10.2. The molecule has 4 aromatic rings. The zero-order valence-electron chi connectivity index (χ0n) is 18.0. The van der Waals surface area contributed by atoms with Crippen molar-refractivity contribution in [3.05, 3.63) is 81.5 Å². The Kier molecular flexibility index (Phi) is 6.08. The highest BCUT2D eigenvalue weighted by atomic mass is 32.1. The minimum atomic E-state index is -0.0877. The smallest absolute Gasteiger partial charge is 0.261 e. The predicted molar refractivity (Wildman–Crippen MR) is 128 cm³/mol. The van der Waals surface area contributed by atoms with Gasteiger partial charge in [-0.3, -0.25) is 14.2 Å². The third kappa shape index (κ3) is 4.61. The molecule has 1 aliphatic rings. The molecular weight excluding hydrogens is 438 g/mol. The van der Waals surface area contributed by atoms with Gasteiger partial charge in [-0.05, 0) is 42.1 Å². The van der Waals surface area contributed by atoms with Crippen molar-refractivity contribution < 1.29 is 14.3 Å². The molecule has 0 N–H and O–H groups in total. The average Bonchev–Trinajstić information content (AvgIpc) is 3.37. The number of hydrogen-bond donors (Lipinski definition) is 0. The lowest BCUT2D eigenvalue weighted by Crippen LogP contribution is -2.30. The quantitative estimate of drug-likeness (QED) is 0.412. The fraction of sp³-hybridized carbons (Fsp3) is 0.240. The summed E-state index contributed by atoms with van der Waals surface area (Å²) in [7, 11) is 0. The van der Waals surface area contributed by atoms with Gasteiger partial charge in [0, 0.05) is 29.6 Å². The number of benzene rings is 2. The second-order valence-electron chi connectivity index (χ2n) is 7.75. The van der Waals surface area contributed by atoms with Crippen molar-refractivity contribution in [2.45, 2.75) is 25.9 Å². The standard InChI is InChI=1S/C25H23N3O4S/c29-24(8-3-11-27-17-26-21-7-2-1-6-20(21)25(27)30)28(16-19-5-4-14-33-19)18-9-10-22-23(15-18)32-13-12-31-22/h1-2,4-7,9-10,14-15,17H,3,8,11-13,16H2. The molecule has 5 rings (SSSR count). The number of aryl methyl sites for hydroxylation is 1. The number of fused-ring (bicyclic) bond motifs is 2. The van der Waals surface area contributed by atoms with Gasteiger partial charge in [0.2, 0.25) is 5.91 Å². The van der Waals surface area contributed by atoms with Crippen LogP contribution >= 0.6 is 11.3 Å². The molecule has 0 unspecified atom stereocenters. The number of nitrogens with zero attached hydrogens (tertiary/aromatic N) is 3. The van der Waals surface area contributed by atoms with Gasteiger partial charge in [0.1, 0.15) is 13.2 Å². The van der Waals surface area contributed by atoms with E-state index in [1.54, 1.807) is 33.2 Å². The van der Waals surface area contributed by atoms with Gasteiger partial charge in [0.15, 0.2) is 11.5 Å². The van der Waals surface area contributed by atoms with Crippen LogP contribution in [0, 0.1) is 0 Å². The molecule has 168 valence electrons. The van der Waals surface area contributed by atoms with Crippen molar-refractivity contribution in [1.29, 1.82) is 0 Å². The fourth-order valence-corrected chi connectivity index (χ4v) is 4.58. The van der Waals surface area contributed by atoms with E-state index in [9.17, 15) is 9.59 Å². The van der Waals surface area contributed by atoms with E-state index in [0.717, 1.165) is 10.6 Å². The van der Waals surface area contributed by atoms with Crippen molar-refractivity contribution in [1.82, 2.24) is 9.55 Å². The first-order valence-electron chi connectivity index (χ1n) is 10.9. The van der Waals surface area contributed by atoms with Crippen molar-refractivity contribution >= 4 is 33.8 Å². The van der Waals surface area contributed by atoms with E-state index in [1.165, 1.54) is 0 Å². The van der Waals surface area contributed by atoms with Crippen LogP contribution in [0.2, 0.25) is 0 Å². The fourth-order valence-electron chi connectivity index (χ4n) is 3.88. The minimum Gasteiger partial charge on any atom is -0.486 e. The van der Waals surface area contributed by atoms with E-state index < -0.39 is 0 Å². The molecule has 0 fully saturated rings. The molecule has 33 heavy (non-hydrogen) atoms. The number of carbonyl (C=O) groups excluding carboxylic acids is 1. The van der Waals surface area contributed by atoms with Crippen molar-refractivity contribution in [2.24, 2.45) is 0 Å². The number of aromatic nitrogens is 2. The Morgan fingerprint density at radius 2 is 1.91 bits per heavy atom. The minimum absolute atomic E-state index is 0.0122. The molecule has 1 aliphatic heterocycles. The molecule has 0 atom stereocenters. The Balaban J connectivity index is 1.32. The molecule has 0 spiro atoms. The Morgan fingerprint density at radius 1 is 1.06 bits per heavy atom. The summed E-state index contributed by atoms with van der Waals surface area (Å²) in [5.74, 6) is 1.33. The van der Waals surface area contributed by atoms with E-state index >= 15 is 0 Å². The second kappa shape index (κ2) is 9.46. The molecular formula is C25H23N3O4S. The van der Waals surface area contributed by atoms with Gasteiger partial charge in [0.25, 0.3) is 5.56 Å². The Hall–Kier alpha value is -3.65. The maximum atomic E-state index is 13.3. The van der Waals surface area contributed by atoms with Crippen LogP contribution in [0.25, 0.3) is 10.9 Å². The molecule has 0 aliphatic carbocycles. The van der Waals surface area contributed by atoms with Crippen LogP contribution in [0.4, 0.5) is 5.69 Å². The first-order chi connectivity index (χ1) is 16.2. The van der Waals surface area contributed by atoms with Crippen LogP contribution in [0.1, 0.15) is 17.7 Å². The second-order valence-corrected chi connectivity index (χ2v) is 8.78. The Morgan fingerprint density at radius 3 is 2.76 bits per heavy atom. The van der Waals surface area contributed by atoms with Crippen LogP contribution in [0.5, 0.6) is 11.5 Å². The van der Waals surface area contributed by atoms with Crippen LogP contribution < -0.4 is 19.9 Å². The van der Waals surface area contributed by atoms with Crippen LogP contribution in [-0.2, 0) is 17.9 Å². The van der Waals surface area contributed by atoms with Crippen molar-refractivity contribution in [3.63, 3.8) is 0 Å². The molecule has 0 radical (unpaired) electrons. The third-order valence-electron chi connectivity index (χ3n) is 5.55. The van der Waals surface area contributed by atoms with E-state index in [1.807, 2.05) is 53.9 Å². The van der Waals surface area contributed by atoms with Gasteiger partial charge in [-0.1, -0.05) is 18.2 Å². The molecule has 0 saturated carbocycles. The number of para-hydroxylation sites is 1. The lowest BCUT2D eigenvalue weighted by molar-refractivity contribution is -0.118. The number of hydrogen-bond acceptors (Lipinski definition) is 6. The van der Waals surface area contributed by atoms with E-state index in [0.29, 0.717) is 61.5 Å². The Labute approximate surface area is 194 Å². The zero-order chi connectivity index (χ0) is 22.6. The highest BCUT2D eigenvalue weighted by Crippen LogP contribution is 2.35. The molecule has 2 aromatic carbocycles. The lowest BCUT2D eigenvalue weighted by Gasteiger charge is -2.25. The highest BCUT2D eigenvalue weighted by Gasteiger charge is 2.20. The molecule has 7 nitrogen and oxygen atoms in total. The summed E-state index contributed by atoms with van der Waals surface area (Å²) >= 11 is 1.61. The molecule has 1 amide bonds. The maximum absolute atomic E-state index is 13.3. The van der Waals surface area contributed by atoms with Gasteiger partial charge in [-0.2, -0.15) is 0 Å². The molecule has 8 heteroatoms. The highest BCUT2D eigenvalue weighted by molar-refractivity contribution is 7.09. The molecule has 0 saturated heterocycles. The van der Waals surface area contributed by atoms with Gasteiger partial charge in [-0.15, -0.1) is 11.3 Å². The zero-order valence-corrected chi connectivity index (χ0v) is 18.8. The Bertz CT molecular complexity index is 1330. The summed E-state index contributed by atoms with van der Waals surface area (Å²) in [6.45, 7) is 1.92. The van der Waals surface area contributed by atoms with Gasteiger partial charge >= 0.3 is 0 Å². The summed E-state index contributed by atoms with van der Waals surface area (Å²) in [5.41, 5.74) is 1.35. The third-order valence-corrected chi connectivity index (χ3v) is 6.41. The summed E-state index contributed by atoms with van der Waals surface area (Å²) in [6.07, 6.45) is 2.39. The monoisotopic (exact) mass is 461 g/mol. The SMILES string of the molecule is O=C(CCCn1cnc2ccccc2c1=O)N(Cc1cccs1)c1ccc2c(c1)OCCO2. The average molecular weight is 462 g/mol. The molecule has 3 heterocycles. The van der Waals surface area contributed by atoms with Crippen LogP contribution in [0.15, 0.2) is 71.1 Å². The number of ether oxygens (including phenoxy) is 2. The predicted octanol–water partition coefficient (Wildman–Crippen LogP) is 4.24. The first-order valence-corrected chi connectivity index (χ1v) is 11.7. The topological polar surface area (TPSA) is 73.7 Å². The number of rotatable bonds is 7. The van der Waals surface area contributed by atoms with Gasteiger partial charge in [-0.25, -0.2) is 4.98 Å². The largest absolute Gasteiger partial charge is 0.486 e. The summed E-state index contributed by atoms with van der Waals surface area (Å²) in [5, 5.41) is 2.59. The molecule has 0 bridgehead atoms. The normalized spacial score (nSPS) is 12.6. The van der Waals surface area contributed by atoms with Crippen LogP contribution in [-0.4, -0.2) is 28.7 Å². The number of carbonyl (C=O) groups is 1. The number of thiophene rings is 1. The van der Waals surface area contributed by atoms with E-state index in [-0.39, 0.29) is 11.5 Å². The van der Waals surface area contributed by atoms with Gasteiger partial charge < -0.3 is 14.4 Å². The number of amides is 1. The first kappa shape index (κ1) is 21.2.